The summed E-state index contributed by atoms with van der Waals surface area (Å²) < 4.78 is 38.3. The molecule has 0 atom stereocenters. The molecule has 3 aromatic rings. The van der Waals surface area contributed by atoms with Gasteiger partial charge >= 0.3 is 0 Å². The van der Waals surface area contributed by atoms with Crippen LogP contribution in [0.4, 0.5) is 11.4 Å². The van der Waals surface area contributed by atoms with Crippen molar-refractivity contribution in [2.24, 2.45) is 0 Å². The van der Waals surface area contributed by atoms with E-state index >= 15 is 0 Å². The largest absolute Gasteiger partial charge is 0.495 e. The lowest BCUT2D eigenvalue weighted by Gasteiger charge is -2.12. The van der Waals surface area contributed by atoms with Crippen LogP contribution >= 0.6 is 0 Å². The maximum atomic E-state index is 12.7. The number of ether oxygens (including phenoxy) is 2. The number of sulfonamides is 1. The van der Waals surface area contributed by atoms with E-state index in [1.165, 1.54) is 31.4 Å². The molecule has 0 aliphatic carbocycles. The Morgan fingerprint density at radius 1 is 0.912 bits per heavy atom. The summed E-state index contributed by atoms with van der Waals surface area (Å²) in [5, 5.41) is 5.18. The monoisotopic (exact) mass is 483 g/mol. The SMILES string of the molecule is CCOc1ccc(NC(=O)CNC(=O)c2ccc(S(=O)(=O)Nc3ccccc3OC)cc2)cc1. The molecule has 0 bridgehead atoms. The third-order valence-electron chi connectivity index (χ3n) is 4.64. The second-order valence-electron chi connectivity index (χ2n) is 7.02. The Balaban J connectivity index is 1.56. The van der Waals surface area contributed by atoms with Gasteiger partial charge < -0.3 is 20.1 Å². The minimum Gasteiger partial charge on any atom is -0.495 e. The van der Waals surface area contributed by atoms with Gasteiger partial charge in [-0.2, -0.15) is 0 Å². The molecule has 34 heavy (non-hydrogen) atoms. The predicted octanol–water partition coefficient (Wildman–Crippen LogP) is 3.26. The van der Waals surface area contributed by atoms with Gasteiger partial charge in [-0.3, -0.25) is 14.3 Å². The molecule has 9 nitrogen and oxygen atoms in total. The molecule has 2 amide bonds. The fourth-order valence-electron chi connectivity index (χ4n) is 2.99. The molecule has 3 aromatic carbocycles. The highest BCUT2D eigenvalue weighted by atomic mass is 32.2. The first-order chi connectivity index (χ1) is 16.3. The molecule has 0 aromatic heterocycles. The summed E-state index contributed by atoms with van der Waals surface area (Å²) in [5.41, 5.74) is 1.08. The van der Waals surface area contributed by atoms with Gasteiger partial charge in [0.1, 0.15) is 11.5 Å². The molecule has 3 N–H and O–H groups in total. The number of methoxy groups -OCH3 is 1. The third kappa shape index (κ3) is 6.48. The first-order valence-electron chi connectivity index (χ1n) is 10.4. The molecular formula is C24H25N3O6S. The number of hydrogen-bond donors (Lipinski definition) is 3. The van der Waals surface area contributed by atoms with Crippen LogP contribution in [0.25, 0.3) is 0 Å². The number of anilines is 2. The topological polar surface area (TPSA) is 123 Å². The zero-order valence-corrected chi connectivity index (χ0v) is 19.5. The number of hydrogen-bond acceptors (Lipinski definition) is 6. The molecule has 3 rings (SSSR count). The maximum absolute atomic E-state index is 12.7. The van der Waals surface area contributed by atoms with Crippen molar-refractivity contribution in [2.45, 2.75) is 11.8 Å². The summed E-state index contributed by atoms with van der Waals surface area (Å²) in [6.07, 6.45) is 0. The average molecular weight is 484 g/mol. The zero-order valence-electron chi connectivity index (χ0n) is 18.7. The van der Waals surface area contributed by atoms with Gasteiger partial charge in [-0.15, -0.1) is 0 Å². The minimum absolute atomic E-state index is 0.0248. The quantitative estimate of drug-likeness (QED) is 0.407. The van der Waals surface area contributed by atoms with Gasteiger partial charge in [0.2, 0.25) is 5.91 Å². The third-order valence-corrected chi connectivity index (χ3v) is 6.02. The Labute approximate surface area is 198 Å². The van der Waals surface area contributed by atoms with Gasteiger partial charge in [-0.05, 0) is 67.6 Å². The Bertz CT molecular complexity index is 1240. The number of carbonyl (C=O) groups is 2. The van der Waals surface area contributed by atoms with Gasteiger partial charge in [0.25, 0.3) is 15.9 Å². The Kier molecular flexibility index (Phi) is 8.10. The van der Waals surface area contributed by atoms with E-state index in [4.69, 9.17) is 9.47 Å². The van der Waals surface area contributed by atoms with Gasteiger partial charge in [0, 0.05) is 11.3 Å². The fourth-order valence-corrected chi connectivity index (χ4v) is 4.06. The molecule has 0 saturated heterocycles. The molecule has 0 aliphatic rings. The summed E-state index contributed by atoms with van der Waals surface area (Å²) in [7, 11) is -2.45. The predicted molar refractivity (Wildman–Crippen MR) is 129 cm³/mol. The standard InChI is InChI=1S/C24H25N3O6S/c1-3-33-19-12-10-18(11-13-19)26-23(28)16-25-24(29)17-8-14-20(15-9-17)34(30,31)27-21-6-4-5-7-22(21)32-2/h4-15,27H,3,16H2,1-2H3,(H,25,29)(H,26,28). The lowest BCUT2D eigenvalue weighted by Crippen LogP contribution is -2.32. The van der Waals surface area contributed by atoms with Crippen molar-refractivity contribution in [3.05, 3.63) is 78.4 Å². The Hall–Kier alpha value is -4.05. The number of benzene rings is 3. The first kappa shape index (κ1) is 24.6. The smallest absolute Gasteiger partial charge is 0.262 e. The molecule has 0 unspecified atom stereocenters. The molecule has 0 fully saturated rings. The molecule has 10 heteroatoms. The number of carbonyl (C=O) groups excluding carboxylic acids is 2. The van der Waals surface area contributed by atoms with Crippen LogP contribution in [0.3, 0.4) is 0 Å². The maximum Gasteiger partial charge on any atom is 0.262 e. The van der Waals surface area contributed by atoms with E-state index in [1.54, 1.807) is 48.5 Å². The van der Waals surface area contributed by atoms with Crippen LogP contribution in [-0.2, 0) is 14.8 Å². The molecule has 0 spiro atoms. The van der Waals surface area contributed by atoms with E-state index in [-0.39, 0.29) is 17.0 Å². The van der Waals surface area contributed by atoms with E-state index < -0.39 is 21.8 Å². The van der Waals surface area contributed by atoms with Crippen LogP contribution in [0.1, 0.15) is 17.3 Å². The minimum atomic E-state index is -3.89. The van der Waals surface area contributed by atoms with Crippen LogP contribution in [-0.4, -0.2) is 40.5 Å². The van der Waals surface area contributed by atoms with Crippen molar-refractivity contribution in [3.8, 4) is 11.5 Å². The lowest BCUT2D eigenvalue weighted by molar-refractivity contribution is -0.115. The van der Waals surface area contributed by atoms with Crippen LogP contribution in [0.15, 0.2) is 77.7 Å². The highest BCUT2D eigenvalue weighted by molar-refractivity contribution is 7.92. The van der Waals surface area contributed by atoms with Crippen LogP contribution in [0.2, 0.25) is 0 Å². The second kappa shape index (κ2) is 11.2. The molecule has 0 saturated carbocycles. The Morgan fingerprint density at radius 3 is 2.24 bits per heavy atom. The normalized spacial score (nSPS) is 10.8. The summed E-state index contributed by atoms with van der Waals surface area (Å²) >= 11 is 0. The van der Waals surface area contributed by atoms with Crippen LogP contribution in [0, 0.1) is 0 Å². The van der Waals surface area contributed by atoms with Crippen molar-refractivity contribution in [1.29, 1.82) is 0 Å². The van der Waals surface area contributed by atoms with E-state index in [0.29, 0.717) is 29.5 Å². The van der Waals surface area contributed by atoms with Crippen molar-refractivity contribution in [2.75, 3.05) is 30.3 Å². The summed E-state index contributed by atoms with van der Waals surface area (Å²) in [6, 6.07) is 18.8. The highest BCUT2D eigenvalue weighted by Gasteiger charge is 2.17. The van der Waals surface area contributed by atoms with Gasteiger partial charge in [0.05, 0.1) is 30.8 Å². The van der Waals surface area contributed by atoms with Gasteiger partial charge in [0.15, 0.2) is 0 Å². The van der Waals surface area contributed by atoms with Crippen molar-refractivity contribution in [1.82, 2.24) is 5.32 Å². The number of amides is 2. The van der Waals surface area contributed by atoms with E-state index in [1.807, 2.05) is 6.92 Å². The Morgan fingerprint density at radius 2 is 1.59 bits per heavy atom. The first-order valence-corrected chi connectivity index (χ1v) is 11.9. The van der Waals surface area contributed by atoms with Crippen molar-refractivity contribution < 1.29 is 27.5 Å². The summed E-state index contributed by atoms with van der Waals surface area (Å²) in [5.74, 6) is 0.157. The van der Waals surface area contributed by atoms with E-state index in [9.17, 15) is 18.0 Å². The van der Waals surface area contributed by atoms with Crippen molar-refractivity contribution in [3.63, 3.8) is 0 Å². The summed E-state index contributed by atoms with van der Waals surface area (Å²) in [6.45, 7) is 2.17. The molecule has 0 heterocycles. The van der Waals surface area contributed by atoms with Crippen LogP contribution in [0.5, 0.6) is 11.5 Å². The molecular weight excluding hydrogens is 458 g/mol. The molecule has 178 valence electrons. The highest BCUT2D eigenvalue weighted by Crippen LogP contribution is 2.26. The van der Waals surface area contributed by atoms with Crippen molar-refractivity contribution >= 4 is 33.2 Å². The average Bonchev–Trinajstić information content (AvgIpc) is 2.84. The summed E-state index contributed by atoms with van der Waals surface area (Å²) in [4.78, 5) is 24.5. The number of nitrogens with one attached hydrogen (secondary N) is 3. The van der Waals surface area contributed by atoms with E-state index in [2.05, 4.69) is 15.4 Å². The number of para-hydroxylation sites is 2. The van der Waals surface area contributed by atoms with Crippen LogP contribution < -0.4 is 24.8 Å². The second-order valence-corrected chi connectivity index (χ2v) is 8.70. The van der Waals surface area contributed by atoms with E-state index in [0.717, 1.165) is 0 Å². The lowest BCUT2D eigenvalue weighted by atomic mass is 10.2. The van der Waals surface area contributed by atoms with Gasteiger partial charge in [-0.25, -0.2) is 8.42 Å². The zero-order chi connectivity index (χ0) is 24.6. The fraction of sp³-hybridized carbons (Fsp3) is 0.167. The molecule has 0 radical (unpaired) electrons. The van der Waals surface area contributed by atoms with Gasteiger partial charge in [-0.1, -0.05) is 12.1 Å². The molecule has 0 aliphatic heterocycles. The number of rotatable bonds is 10.